The zero-order chi connectivity index (χ0) is 16.4. The van der Waals surface area contributed by atoms with Crippen LogP contribution >= 0.6 is 0 Å². The van der Waals surface area contributed by atoms with Crippen molar-refractivity contribution in [3.05, 3.63) is 42.0 Å². The number of rotatable bonds is 4. The van der Waals surface area contributed by atoms with Crippen molar-refractivity contribution in [1.82, 2.24) is 4.72 Å². The number of sulfonamides is 1. The lowest BCUT2D eigenvalue weighted by molar-refractivity contribution is 0.0832. The summed E-state index contributed by atoms with van der Waals surface area (Å²) in [6, 6.07) is 11.4. The van der Waals surface area contributed by atoms with Crippen LogP contribution in [0.4, 0.5) is 0 Å². The van der Waals surface area contributed by atoms with Gasteiger partial charge in [-0.1, -0.05) is 44.2 Å². The summed E-state index contributed by atoms with van der Waals surface area (Å²) < 4.78 is 33.8. The second kappa shape index (κ2) is 6.59. The van der Waals surface area contributed by atoms with E-state index in [1.165, 1.54) is 5.56 Å². The first-order valence-corrected chi connectivity index (χ1v) is 9.59. The molecule has 1 aliphatic heterocycles. The van der Waals surface area contributed by atoms with Gasteiger partial charge in [0, 0.05) is 24.6 Å². The maximum atomic E-state index is 12.8. The Labute approximate surface area is 137 Å². The summed E-state index contributed by atoms with van der Waals surface area (Å²) in [5.74, 6) is 0.347. The van der Waals surface area contributed by atoms with Crippen LogP contribution in [0.2, 0.25) is 0 Å². The Kier molecular flexibility index (Phi) is 4.71. The molecule has 4 nitrogen and oxygen atoms in total. The van der Waals surface area contributed by atoms with Crippen molar-refractivity contribution < 1.29 is 13.2 Å². The van der Waals surface area contributed by atoms with Crippen LogP contribution < -0.4 is 4.72 Å². The molecule has 0 amide bonds. The molecule has 1 saturated heterocycles. The van der Waals surface area contributed by atoms with Crippen LogP contribution in [0.15, 0.2) is 41.3 Å². The summed E-state index contributed by atoms with van der Waals surface area (Å²) >= 11 is 0. The minimum Gasteiger partial charge on any atom is -0.381 e. The van der Waals surface area contributed by atoms with Gasteiger partial charge in [-0.2, -0.15) is 0 Å². The van der Waals surface area contributed by atoms with Crippen molar-refractivity contribution in [3.63, 3.8) is 0 Å². The first-order chi connectivity index (χ1) is 11.0. The topological polar surface area (TPSA) is 55.4 Å². The Morgan fingerprint density at radius 2 is 1.70 bits per heavy atom. The molecular formula is C18H23NO3S. The van der Waals surface area contributed by atoms with Crippen molar-refractivity contribution >= 4 is 20.8 Å². The van der Waals surface area contributed by atoms with E-state index < -0.39 is 10.0 Å². The van der Waals surface area contributed by atoms with Crippen molar-refractivity contribution in [3.8, 4) is 0 Å². The van der Waals surface area contributed by atoms with Gasteiger partial charge in [-0.3, -0.25) is 0 Å². The second-order valence-corrected chi connectivity index (χ2v) is 8.04. The first-order valence-electron chi connectivity index (χ1n) is 8.11. The summed E-state index contributed by atoms with van der Waals surface area (Å²) in [6.07, 6.45) is 1.45. The lowest BCUT2D eigenvalue weighted by Crippen LogP contribution is -2.38. The minimum absolute atomic E-state index is 0.0442. The molecule has 0 radical (unpaired) electrons. The molecule has 1 N–H and O–H groups in total. The summed E-state index contributed by atoms with van der Waals surface area (Å²) in [4.78, 5) is 0.365. The quantitative estimate of drug-likeness (QED) is 0.933. The molecule has 0 bridgehead atoms. The molecule has 23 heavy (non-hydrogen) atoms. The number of hydrogen-bond donors (Lipinski definition) is 1. The standard InChI is InChI=1S/C18H23NO3S/c1-13(2)15-7-8-18(17-6-4-3-5-16(15)17)23(20,21)19-14-9-11-22-12-10-14/h3-8,13-14,19H,9-12H2,1-2H3. The summed E-state index contributed by atoms with van der Waals surface area (Å²) in [6.45, 7) is 5.47. The van der Waals surface area contributed by atoms with Crippen molar-refractivity contribution in [2.75, 3.05) is 13.2 Å². The molecule has 0 atom stereocenters. The van der Waals surface area contributed by atoms with Gasteiger partial charge in [-0.05, 0) is 35.8 Å². The predicted octanol–water partition coefficient (Wildman–Crippen LogP) is 3.42. The molecule has 0 aliphatic carbocycles. The van der Waals surface area contributed by atoms with Crippen LogP contribution in [0.5, 0.6) is 0 Å². The smallest absolute Gasteiger partial charge is 0.241 e. The van der Waals surface area contributed by atoms with Crippen molar-refractivity contribution in [2.24, 2.45) is 0 Å². The zero-order valence-corrected chi connectivity index (χ0v) is 14.4. The van der Waals surface area contributed by atoms with E-state index in [0.29, 0.717) is 24.0 Å². The van der Waals surface area contributed by atoms with Gasteiger partial charge in [0.2, 0.25) is 10.0 Å². The van der Waals surface area contributed by atoms with Crippen LogP contribution in [0, 0.1) is 0 Å². The first kappa shape index (κ1) is 16.4. The number of hydrogen-bond acceptors (Lipinski definition) is 3. The highest BCUT2D eigenvalue weighted by Crippen LogP contribution is 2.30. The average molecular weight is 333 g/mol. The summed E-state index contributed by atoms with van der Waals surface area (Å²) in [5, 5.41) is 1.80. The third kappa shape index (κ3) is 3.42. The number of nitrogens with one attached hydrogen (secondary N) is 1. The Bertz CT molecular complexity index is 793. The largest absolute Gasteiger partial charge is 0.381 e. The molecule has 0 saturated carbocycles. The van der Waals surface area contributed by atoms with Crippen molar-refractivity contribution in [1.29, 1.82) is 0 Å². The van der Waals surface area contributed by atoms with Gasteiger partial charge in [-0.15, -0.1) is 0 Å². The second-order valence-electron chi connectivity index (χ2n) is 6.36. The molecule has 1 heterocycles. The molecule has 5 heteroatoms. The highest BCUT2D eigenvalue weighted by molar-refractivity contribution is 7.89. The fraction of sp³-hybridized carbons (Fsp3) is 0.444. The molecule has 1 aliphatic rings. The van der Waals surface area contributed by atoms with E-state index in [0.717, 1.165) is 23.6 Å². The Balaban J connectivity index is 2.03. The van der Waals surface area contributed by atoms with Gasteiger partial charge in [0.15, 0.2) is 0 Å². The summed E-state index contributed by atoms with van der Waals surface area (Å²) in [5.41, 5.74) is 1.17. The SMILES string of the molecule is CC(C)c1ccc(S(=O)(=O)NC2CCOCC2)c2ccccc12. The van der Waals surface area contributed by atoms with Gasteiger partial charge in [-0.25, -0.2) is 13.1 Å². The fourth-order valence-electron chi connectivity index (χ4n) is 3.13. The highest BCUT2D eigenvalue weighted by Gasteiger charge is 2.24. The molecule has 2 aromatic carbocycles. The Morgan fingerprint density at radius 1 is 1.04 bits per heavy atom. The molecule has 0 spiro atoms. The van der Waals surface area contributed by atoms with Gasteiger partial charge >= 0.3 is 0 Å². The number of ether oxygens (including phenoxy) is 1. The van der Waals surface area contributed by atoms with Crippen LogP contribution in [0.3, 0.4) is 0 Å². The number of fused-ring (bicyclic) bond motifs is 1. The van der Waals surface area contributed by atoms with Crippen LogP contribution in [0.1, 0.15) is 38.2 Å². The van der Waals surface area contributed by atoms with E-state index in [-0.39, 0.29) is 6.04 Å². The average Bonchev–Trinajstić information content (AvgIpc) is 2.54. The minimum atomic E-state index is -3.53. The molecule has 0 aromatic heterocycles. The van der Waals surface area contributed by atoms with E-state index in [4.69, 9.17) is 4.74 Å². The zero-order valence-electron chi connectivity index (χ0n) is 13.6. The maximum absolute atomic E-state index is 12.8. The lowest BCUT2D eigenvalue weighted by Gasteiger charge is -2.23. The lowest BCUT2D eigenvalue weighted by atomic mass is 9.96. The van der Waals surface area contributed by atoms with E-state index >= 15 is 0 Å². The predicted molar refractivity (Wildman–Crippen MR) is 92.2 cm³/mol. The third-order valence-electron chi connectivity index (χ3n) is 4.37. The number of benzene rings is 2. The van der Waals surface area contributed by atoms with Crippen molar-refractivity contribution in [2.45, 2.75) is 43.5 Å². The van der Waals surface area contributed by atoms with E-state index in [1.54, 1.807) is 6.07 Å². The molecule has 3 rings (SSSR count). The normalized spacial score (nSPS) is 17.0. The summed E-state index contributed by atoms with van der Waals surface area (Å²) in [7, 11) is -3.53. The monoisotopic (exact) mass is 333 g/mol. The van der Waals surface area contributed by atoms with Crippen LogP contribution in [-0.2, 0) is 14.8 Å². The molecular weight excluding hydrogens is 310 g/mol. The van der Waals surface area contributed by atoms with Crippen LogP contribution in [0.25, 0.3) is 10.8 Å². The molecule has 1 fully saturated rings. The maximum Gasteiger partial charge on any atom is 0.241 e. The molecule has 0 unspecified atom stereocenters. The Hall–Kier alpha value is -1.43. The Morgan fingerprint density at radius 3 is 2.35 bits per heavy atom. The van der Waals surface area contributed by atoms with Gasteiger partial charge < -0.3 is 4.74 Å². The van der Waals surface area contributed by atoms with Gasteiger partial charge in [0.1, 0.15) is 0 Å². The van der Waals surface area contributed by atoms with Crippen LogP contribution in [-0.4, -0.2) is 27.7 Å². The van der Waals surface area contributed by atoms with E-state index in [1.807, 2.05) is 30.3 Å². The molecule has 124 valence electrons. The fourth-order valence-corrected chi connectivity index (χ4v) is 4.65. The van der Waals surface area contributed by atoms with Gasteiger partial charge in [0.05, 0.1) is 4.90 Å². The molecule has 2 aromatic rings. The van der Waals surface area contributed by atoms with Gasteiger partial charge in [0.25, 0.3) is 0 Å². The van der Waals surface area contributed by atoms with E-state index in [2.05, 4.69) is 18.6 Å². The van der Waals surface area contributed by atoms with E-state index in [9.17, 15) is 8.42 Å². The highest BCUT2D eigenvalue weighted by atomic mass is 32.2. The third-order valence-corrected chi connectivity index (χ3v) is 5.95.